The quantitative estimate of drug-likeness (QED) is 0.656. The number of nitrogens with one attached hydrogen (secondary N) is 3. The fourth-order valence-electron chi connectivity index (χ4n) is 2.49. The van der Waals surface area contributed by atoms with E-state index in [1.54, 1.807) is 48.5 Å². The number of benzene rings is 2. The van der Waals surface area contributed by atoms with Gasteiger partial charge in [-0.2, -0.15) is 0 Å². The minimum absolute atomic E-state index is 0.0586. The fraction of sp³-hybridized carbons (Fsp3) is 0.316. The largest absolute Gasteiger partial charge is 0.328 e. The van der Waals surface area contributed by atoms with Crippen molar-refractivity contribution in [1.29, 1.82) is 0 Å². The number of quaternary nitrogens is 1. The van der Waals surface area contributed by atoms with Crippen LogP contribution in [0.4, 0.5) is 11.4 Å². The maximum atomic E-state index is 12.4. The van der Waals surface area contributed by atoms with E-state index < -0.39 is 10.0 Å². The van der Waals surface area contributed by atoms with Gasteiger partial charge in [0.1, 0.15) is 0 Å². The number of anilines is 2. The molecule has 0 spiro atoms. The molecule has 0 saturated carbocycles. The normalized spacial score (nSPS) is 11.4. The molecule has 3 N–H and O–H groups in total. The van der Waals surface area contributed by atoms with Crippen LogP contribution in [-0.2, 0) is 14.8 Å². The number of hydrogen-bond donors (Lipinski definition) is 3. The molecule has 26 heavy (non-hydrogen) atoms. The van der Waals surface area contributed by atoms with Gasteiger partial charge in [0.15, 0.2) is 6.54 Å². The Morgan fingerprint density at radius 3 is 2.00 bits per heavy atom. The zero-order chi connectivity index (χ0) is 19.2. The smallest absolute Gasteiger partial charge is 0.279 e. The molecule has 2 aromatic rings. The number of likely N-dealkylation sites (N-methyl/N-ethyl adjacent to an activating group) is 1. The van der Waals surface area contributed by atoms with Crippen LogP contribution in [0.15, 0.2) is 53.4 Å². The van der Waals surface area contributed by atoms with Crippen LogP contribution in [-0.4, -0.2) is 34.0 Å². The summed E-state index contributed by atoms with van der Waals surface area (Å²) in [5, 5.41) is 2.83. The zero-order valence-corrected chi connectivity index (χ0v) is 16.2. The molecule has 0 unspecified atom stereocenters. The highest BCUT2D eigenvalue weighted by Crippen LogP contribution is 2.18. The van der Waals surface area contributed by atoms with Gasteiger partial charge in [-0.05, 0) is 57.2 Å². The molecular formula is C19H26N3O3S+. The van der Waals surface area contributed by atoms with Crippen LogP contribution in [0.1, 0.15) is 19.4 Å². The predicted octanol–water partition coefficient (Wildman–Crippen LogP) is 1.66. The zero-order valence-electron chi connectivity index (χ0n) is 15.4. The van der Waals surface area contributed by atoms with Gasteiger partial charge in [0.2, 0.25) is 0 Å². The molecule has 140 valence electrons. The molecule has 2 aromatic carbocycles. The standard InChI is InChI=1S/C19H25N3O3S/c1-4-22(5-2)14-19(23)20-16-8-10-17(11-9-16)21-26(24,25)18-12-6-15(3)7-13-18/h6-13,21H,4-5,14H2,1-3H3,(H,20,23)/p+1. The highest BCUT2D eigenvalue weighted by Gasteiger charge is 2.14. The Morgan fingerprint density at radius 2 is 1.46 bits per heavy atom. The van der Waals surface area contributed by atoms with Crippen molar-refractivity contribution in [2.45, 2.75) is 25.7 Å². The van der Waals surface area contributed by atoms with Crippen molar-refractivity contribution in [1.82, 2.24) is 0 Å². The summed E-state index contributed by atoms with van der Waals surface area (Å²) in [6.45, 7) is 8.18. The lowest BCUT2D eigenvalue weighted by Crippen LogP contribution is -3.12. The van der Waals surface area contributed by atoms with Crippen molar-refractivity contribution < 1.29 is 18.1 Å². The molecule has 0 bridgehead atoms. The Balaban J connectivity index is 2.01. The van der Waals surface area contributed by atoms with Crippen LogP contribution < -0.4 is 14.9 Å². The van der Waals surface area contributed by atoms with Gasteiger partial charge >= 0.3 is 0 Å². The molecule has 0 radical (unpaired) electrons. The van der Waals surface area contributed by atoms with Crippen LogP contribution in [0, 0.1) is 6.92 Å². The average Bonchev–Trinajstić information content (AvgIpc) is 2.61. The summed E-state index contributed by atoms with van der Waals surface area (Å²) in [4.78, 5) is 13.4. The molecule has 1 amide bonds. The number of amides is 1. The molecule has 0 aliphatic rings. The number of aryl methyl sites for hydroxylation is 1. The Morgan fingerprint density at radius 1 is 0.923 bits per heavy atom. The molecule has 0 aromatic heterocycles. The van der Waals surface area contributed by atoms with Gasteiger partial charge in [0, 0.05) is 11.4 Å². The van der Waals surface area contributed by atoms with Crippen molar-refractivity contribution in [3.05, 3.63) is 54.1 Å². The van der Waals surface area contributed by atoms with E-state index in [9.17, 15) is 13.2 Å². The van der Waals surface area contributed by atoms with E-state index in [1.165, 1.54) is 4.90 Å². The van der Waals surface area contributed by atoms with Crippen molar-refractivity contribution in [2.24, 2.45) is 0 Å². The lowest BCUT2D eigenvalue weighted by atomic mass is 10.2. The average molecular weight is 377 g/mol. The lowest BCUT2D eigenvalue weighted by Gasteiger charge is -2.15. The third-order valence-electron chi connectivity index (χ3n) is 4.16. The molecule has 2 rings (SSSR count). The highest BCUT2D eigenvalue weighted by atomic mass is 32.2. The molecular weight excluding hydrogens is 350 g/mol. The number of rotatable bonds is 8. The monoisotopic (exact) mass is 376 g/mol. The Labute approximate surface area is 155 Å². The SMILES string of the molecule is CC[NH+](CC)CC(=O)Nc1ccc(NS(=O)(=O)c2ccc(C)cc2)cc1. The van der Waals surface area contributed by atoms with Crippen LogP contribution in [0.3, 0.4) is 0 Å². The molecule has 0 atom stereocenters. The molecule has 0 fully saturated rings. The molecule has 0 saturated heterocycles. The third-order valence-corrected chi connectivity index (χ3v) is 5.56. The minimum atomic E-state index is -3.63. The first-order chi connectivity index (χ1) is 12.3. The first-order valence-corrected chi connectivity index (χ1v) is 10.2. The Kier molecular flexibility index (Phi) is 6.76. The van der Waals surface area contributed by atoms with Gasteiger partial charge in [-0.15, -0.1) is 0 Å². The van der Waals surface area contributed by atoms with Gasteiger partial charge in [-0.3, -0.25) is 9.52 Å². The molecule has 7 heteroatoms. The van der Waals surface area contributed by atoms with E-state index >= 15 is 0 Å². The van der Waals surface area contributed by atoms with Gasteiger partial charge in [0.25, 0.3) is 15.9 Å². The van der Waals surface area contributed by atoms with E-state index in [4.69, 9.17) is 0 Å². The maximum absolute atomic E-state index is 12.4. The number of carbonyl (C=O) groups excluding carboxylic acids is 1. The fourth-order valence-corrected chi connectivity index (χ4v) is 3.54. The summed E-state index contributed by atoms with van der Waals surface area (Å²) in [5.74, 6) is -0.0586. The number of hydrogen-bond acceptors (Lipinski definition) is 3. The van der Waals surface area contributed by atoms with Crippen molar-refractivity contribution >= 4 is 27.3 Å². The summed E-state index contributed by atoms with van der Waals surface area (Å²) in [6.07, 6.45) is 0. The second-order valence-corrected chi connectivity index (χ2v) is 7.86. The third kappa shape index (κ3) is 5.57. The second kappa shape index (κ2) is 8.82. The van der Waals surface area contributed by atoms with Gasteiger partial charge in [-0.1, -0.05) is 17.7 Å². The Hall–Kier alpha value is -2.38. The van der Waals surface area contributed by atoms with E-state index in [2.05, 4.69) is 10.0 Å². The Bertz CT molecular complexity index is 827. The van der Waals surface area contributed by atoms with Crippen LogP contribution >= 0.6 is 0 Å². The van der Waals surface area contributed by atoms with Crippen molar-refractivity contribution in [3.8, 4) is 0 Å². The topological polar surface area (TPSA) is 79.7 Å². The van der Waals surface area contributed by atoms with E-state index in [-0.39, 0.29) is 10.8 Å². The van der Waals surface area contributed by atoms with Crippen LogP contribution in [0.5, 0.6) is 0 Å². The first-order valence-electron chi connectivity index (χ1n) is 8.67. The van der Waals surface area contributed by atoms with Gasteiger partial charge in [-0.25, -0.2) is 8.42 Å². The van der Waals surface area contributed by atoms with Crippen LogP contribution in [0.2, 0.25) is 0 Å². The summed E-state index contributed by atoms with van der Waals surface area (Å²) in [7, 11) is -3.63. The summed E-state index contributed by atoms with van der Waals surface area (Å²) in [5.41, 5.74) is 2.08. The van der Waals surface area contributed by atoms with E-state index in [1.807, 2.05) is 20.8 Å². The minimum Gasteiger partial charge on any atom is -0.328 e. The molecule has 0 heterocycles. The second-order valence-electron chi connectivity index (χ2n) is 6.18. The number of carbonyl (C=O) groups is 1. The van der Waals surface area contributed by atoms with Crippen molar-refractivity contribution in [3.63, 3.8) is 0 Å². The van der Waals surface area contributed by atoms with Crippen molar-refractivity contribution in [2.75, 3.05) is 29.7 Å². The number of sulfonamides is 1. The van der Waals surface area contributed by atoms with Gasteiger partial charge in [0.05, 0.1) is 18.0 Å². The summed E-state index contributed by atoms with van der Waals surface area (Å²) in [6, 6.07) is 13.3. The maximum Gasteiger partial charge on any atom is 0.279 e. The lowest BCUT2D eigenvalue weighted by molar-refractivity contribution is -0.888. The molecule has 0 aliphatic carbocycles. The van der Waals surface area contributed by atoms with Crippen LogP contribution in [0.25, 0.3) is 0 Å². The van der Waals surface area contributed by atoms with Gasteiger partial charge < -0.3 is 10.2 Å². The predicted molar refractivity (Wildman–Crippen MR) is 104 cm³/mol. The first kappa shape index (κ1) is 19.9. The van der Waals surface area contributed by atoms with E-state index in [0.717, 1.165) is 18.7 Å². The van der Waals surface area contributed by atoms with E-state index in [0.29, 0.717) is 17.9 Å². The summed E-state index contributed by atoms with van der Waals surface area (Å²) >= 11 is 0. The molecule has 0 aliphatic heterocycles. The summed E-state index contributed by atoms with van der Waals surface area (Å²) < 4.78 is 27.3. The highest BCUT2D eigenvalue weighted by molar-refractivity contribution is 7.92. The molecule has 6 nitrogen and oxygen atoms in total.